The summed E-state index contributed by atoms with van der Waals surface area (Å²) in [4.78, 5) is 4.05. The second-order valence-electron chi connectivity index (χ2n) is 4.09. The van der Waals surface area contributed by atoms with Gasteiger partial charge in [-0.15, -0.1) is 10.2 Å². The van der Waals surface area contributed by atoms with Gasteiger partial charge in [-0.25, -0.2) is 0 Å². The summed E-state index contributed by atoms with van der Waals surface area (Å²) in [5.74, 6) is 1.30. The summed E-state index contributed by atoms with van der Waals surface area (Å²) in [6.07, 6.45) is 0.814. The second-order valence-corrected chi connectivity index (χ2v) is 4.79. The molecule has 0 aliphatic carbocycles. The summed E-state index contributed by atoms with van der Waals surface area (Å²) < 4.78 is 5.60. The van der Waals surface area contributed by atoms with Crippen molar-refractivity contribution in [2.45, 2.75) is 12.5 Å². The molecule has 0 amide bonds. The summed E-state index contributed by atoms with van der Waals surface area (Å²) in [5, 5.41) is 10.8. The van der Waals surface area contributed by atoms with Crippen LogP contribution in [0.4, 0.5) is 5.82 Å². The van der Waals surface area contributed by atoms with E-state index in [0.29, 0.717) is 12.4 Å². The van der Waals surface area contributed by atoms with Gasteiger partial charge in [-0.3, -0.25) is 0 Å². The van der Waals surface area contributed by atoms with Crippen LogP contribution in [0.15, 0.2) is 24.3 Å². The Morgan fingerprint density at radius 3 is 2.95 bits per heavy atom. The molecule has 0 fully saturated rings. The summed E-state index contributed by atoms with van der Waals surface area (Å²) in [5.41, 5.74) is 1.07. The third kappa shape index (κ3) is 2.57. The van der Waals surface area contributed by atoms with Gasteiger partial charge in [-0.1, -0.05) is 29.8 Å². The van der Waals surface area contributed by atoms with Crippen molar-refractivity contribution in [3.63, 3.8) is 0 Å². The minimum absolute atomic E-state index is 0.0623. The minimum Gasteiger partial charge on any atom is -0.493 e. The Bertz CT molecular complexity index is 608. The van der Waals surface area contributed by atoms with Gasteiger partial charge in [0.1, 0.15) is 5.75 Å². The largest absolute Gasteiger partial charge is 0.493 e. The number of hydrogen-bond donors (Lipinski definition) is 1. The number of hydrogen-bond acceptors (Lipinski definition) is 5. The van der Waals surface area contributed by atoms with Crippen molar-refractivity contribution < 1.29 is 4.74 Å². The Kier molecular flexibility index (Phi) is 3.40. The van der Waals surface area contributed by atoms with E-state index < -0.39 is 0 Å². The highest BCUT2D eigenvalue weighted by Gasteiger charge is 2.22. The van der Waals surface area contributed by atoms with Crippen molar-refractivity contribution in [3.8, 4) is 5.75 Å². The summed E-state index contributed by atoms with van der Waals surface area (Å²) in [6, 6.07) is 7.92. The number of anilines is 1. The Balaban J connectivity index is 1.90. The topological polar surface area (TPSA) is 59.9 Å². The highest BCUT2D eigenvalue weighted by atomic mass is 35.5. The fourth-order valence-electron chi connectivity index (χ4n) is 2.04. The van der Waals surface area contributed by atoms with Crippen LogP contribution in [-0.2, 0) is 0 Å². The van der Waals surface area contributed by atoms with Crippen LogP contribution in [0.1, 0.15) is 18.0 Å². The zero-order valence-corrected chi connectivity index (χ0v) is 11.3. The zero-order valence-electron chi connectivity index (χ0n) is 9.81. The molecule has 7 heteroatoms. The first-order valence-corrected chi connectivity index (χ1v) is 6.53. The maximum absolute atomic E-state index is 5.95. The van der Waals surface area contributed by atoms with Crippen LogP contribution >= 0.6 is 23.2 Å². The monoisotopic (exact) mass is 296 g/mol. The Morgan fingerprint density at radius 2 is 2.05 bits per heavy atom. The maximum atomic E-state index is 5.95. The highest BCUT2D eigenvalue weighted by molar-refractivity contribution is 6.32. The summed E-state index contributed by atoms with van der Waals surface area (Å²) in [7, 11) is 0. The molecule has 3 rings (SSSR count). The van der Waals surface area contributed by atoms with Crippen molar-refractivity contribution in [2.24, 2.45) is 0 Å². The van der Waals surface area contributed by atoms with Crippen LogP contribution in [0.25, 0.3) is 0 Å². The predicted molar refractivity (Wildman–Crippen MR) is 72.8 cm³/mol. The van der Waals surface area contributed by atoms with Crippen molar-refractivity contribution >= 4 is 29.0 Å². The quantitative estimate of drug-likeness (QED) is 0.923. The lowest BCUT2D eigenvalue weighted by atomic mass is 10.0. The van der Waals surface area contributed by atoms with Gasteiger partial charge < -0.3 is 10.1 Å². The van der Waals surface area contributed by atoms with Crippen molar-refractivity contribution in [3.05, 3.63) is 40.3 Å². The number of nitrogens with zero attached hydrogens (tertiary/aromatic N) is 3. The number of rotatable bonds is 2. The molecule has 1 aromatic carbocycles. The summed E-state index contributed by atoms with van der Waals surface area (Å²) >= 11 is 11.7. The molecule has 1 aliphatic rings. The molecule has 0 saturated carbocycles. The first-order valence-electron chi connectivity index (χ1n) is 5.78. The van der Waals surface area contributed by atoms with Gasteiger partial charge in [-0.05, 0) is 17.7 Å². The fourth-order valence-corrected chi connectivity index (χ4v) is 2.30. The van der Waals surface area contributed by atoms with Crippen molar-refractivity contribution in [2.75, 3.05) is 11.9 Å². The van der Waals surface area contributed by atoms with E-state index in [-0.39, 0.29) is 16.5 Å². The van der Waals surface area contributed by atoms with Crippen LogP contribution in [0.5, 0.6) is 5.75 Å². The number of para-hydroxylation sites is 1. The van der Waals surface area contributed by atoms with Gasteiger partial charge in [0.25, 0.3) is 0 Å². The molecule has 2 heterocycles. The first kappa shape index (κ1) is 12.4. The van der Waals surface area contributed by atoms with Gasteiger partial charge in [-0.2, -0.15) is 4.98 Å². The average Bonchev–Trinajstić information content (AvgIpc) is 2.43. The van der Waals surface area contributed by atoms with Gasteiger partial charge in [0.15, 0.2) is 11.0 Å². The van der Waals surface area contributed by atoms with E-state index in [1.165, 1.54) is 0 Å². The van der Waals surface area contributed by atoms with E-state index >= 15 is 0 Å². The number of halogens is 2. The molecular weight excluding hydrogens is 287 g/mol. The molecule has 0 radical (unpaired) electrons. The van der Waals surface area contributed by atoms with Crippen LogP contribution in [0.2, 0.25) is 10.4 Å². The van der Waals surface area contributed by atoms with Crippen molar-refractivity contribution in [1.29, 1.82) is 0 Å². The van der Waals surface area contributed by atoms with Crippen molar-refractivity contribution in [1.82, 2.24) is 15.2 Å². The Labute approximate surface area is 119 Å². The van der Waals surface area contributed by atoms with E-state index in [1.54, 1.807) is 0 Å². The third-order valence-corrected chi connectivity index (χ3v) is 3.30. The van der Waals surface area contributed by atoms with E-state index in [4.69, 9.17) is 27.9 Å². The second kappa shape index (κ2) is 5.19. The molecule has 1 atom stereocenters. The maximum Gasteiger partial charge on any atom is 0.245 e. The molecule has 5 nitrogen and oxygen atoms in total. The number of fused-ring (bicyclic) bond motifs is 1. The van der Waals surface area contributed by atoms with Gasteiger partial charge in [0.2, 0.25) is 5.28 Å². The SMILES string of the molecule is Clc1nnc(Cl)c(NC2CCOc3ccccc32)n1. The normalized spacial score (nSPS) is 17.5. The molecule has 0 saturated heterocycles. The standard InChI is InChI=1S/C12H10Cl2N4O/c13-10-11(16-12(14)18-17-10)15-8-5-6-19-9-4-2-1-3-7(8)9/h1-4,8H,5-6H2,(H,15,16,18). The third-order valence-electron chi connectivity index (χ3n) is 2.89. The number of nitrogens with one attached hydrogen (secondary N) is 1. The van der Waals surface area contributed by atoms with E-state index in [0.717, 1.165) is 17.7 Å². The van der Waals surface area contributed by atoms with Crippen LogP contribution in [-0.4, -0.2) is 21.8 Å². The lowest BCUT2D eigenvalue weighted by Crippen LogP contribution is -2.21. The molecule has 1 aliphatic heterocycles. The lowest BCUT2D eigenvalue weighted by molar-refractivity contribution is 0.274. The summed E-state index contributed by atoms with van der Waals surface area (Å²) in [6.45, 7) is 0.637. The van der Waals surface area contributed by atoms with Crippen LogP contribution < -0.4 is 10.1 Å². The number of aromatic nitrogens is 3. The minimum atomic E-state index is 0.0623. The molecule has 2 aromatic rings. The highest BCUT2D eigenvalue weighted by Crippen LogP contribution is 2.34. The Hall–Kier alpha value is -1.59. The van der Waals surface area contributed by atoms with Crippen LogP contribution in [0.3, 0.4) is 0 Å². The van der Waals surface area contributed by atoms with Crippen LogP contribution in [0, 0.1) is 0 Å². The number of ether oxygens (including phenoxy) is 1. The lowest BCUT2D eigenvalue weighted by Gasteiger charge is -2.27. The van der Waals surface area contributed by atoms with E-state index in [2.05, 4.69) is 20.5 Å². The van der Waals surface area contributed by atoms with Gasteiger partial charge in [0.05, 0.1) is 12.6 Å². The first-order chi connectivity index (χ1) is 9.24. The van der Waals surface area contributed by atoms with E-state index in [1.807, 2.05) is 24.3 Å². The smallest absolute Gasteiger partial charge is 0.245 e. The average molecular weight is 297 g/mol. The number of benzene rings is 1. The van der Waals surface area contributed by atoms with Gasteiger partial charge >= 0.3 is 0 Å². The zero-order chi connectivity index (χ0) is 13.2. The molecule has 98 valence electrons. The predicted octanol–water partition coefficient (Wildman–Crippen LogP) is 3.11. The molecule has 19 heavy (non-hydrogen) atoms. The molecule has 0 spiro atoms. The molecule has 1 aromatic heterocycles. The fraction of sp³-hybridized carbons (Fsp3) is 0.250. The van der Waals surface area contributed by atoms with Gasteiger partial charge in [0, 0.05) is 12.0 Å². The van der Waals surface area contributed by atoms with E-state index in [9.17, 15) is 0 Å². The molecule has 0 bridgehead atoms. The Morgan fingerprint density at radius 1 is 1.21 bits per heavy atom. The molecule has 1 unspecified atom stereocenters. The molecular formula is C12H10Cl2N4O. The molecule has 1 N–H and O–H groups in total.